The van der Waals surface area contributed by atoms with Crippen LogP contribution in [0.15, 0.2) is 54.6 Å². The summed E-state index contributed by atoms with van der Waals surface area (Å²) in [6.07, 6.45) is 0.681. The molecule has 1 aliphatic heterocycles. The molecule has 3 rings (SSSR count). The number of nitriles is 1. The maximum Gasteiger partial charge on any atom is 0.309 e. The van der Waals surface area contributed by atoms with Crippen molar-refractivity contribution < 1.29 is 14.7 Å². The standard InChI is InChI=1S/C20H18N2O3/c21-13-15-6-8-16(9-7-15)19-17(20(24)25)12-18(23)22(19)11-10-14-4-2-1-3-5-14/h1-9,17,19H,10-12H2,(H,24,25)/t17-,19-/m1/s1. The van der Waals surface area contributed by atoms with Crippen LogP contribution in [0.4, 0.5) is 0 Å². The van der Waals surface area contributed by atoms with Crippen LogP contribution in [0.1, 0.15) is 29.2 Å². The number of carbonyl (C=O) groups is 2. The first-order valence-electron chi connectivity index (χ1n) is 8.16. The SMILES string of the molecule is N#Cc1ccc([C@@H]2[C@H](C(=O)O)CC(=O)N2CCc2ccccc2)cc1. The minimum atomic E-state index is -0.968. The van der Waals surface area contributed by atoms with Gasteiger partial charge in [0.1, 0.15) is 0 Å². The summed E-state index contributed by atoms with van der Waals surface area (Å²) in [5.74, 6) is -1.88. The van der Waals surface area contributed by atoms with Gasteiger partial charge in [0.05, 0.1) is 23.6 Å². The maximum absolute atomic E-state index is 12.4. The van der Waals surface area contributed by atoms with Crippen molar-refractivity contribution in [1.82, 2.24) is 4.90 Å². The van der Waals surface area contributed by atoms with Crippen LogP contribution in [-0.2, 0) is 16.0 Å². The zero-order valence-electron chi connectivity index (χ0n) is 13.6. The van der Waals surface area contributed by atoms with Crippen LogP contribution in [0.3, 0.4) is 0 Å². The first kappa shape index (κ1) is 16.7. The number of hydrogen-bond acceptors (Lipinski definition) is 3. The third-order valence-electron chi connectivity index (χ3n) is 4.61. The molecule has 0 aliphatic carbocycles. The molecule has 2 atom stereocenters. The fraction of sp³-hybridized carbons (Fsp3) is 0.250. The Hall–Kier alpha value is -3.13. The number of aliphatic carboxylic acids is 1. The molecule has 5 nitrogen and oxygen atoms in total. The minimum absolute atomic E-state index is 0.00872. The van der Waals surface area contributed by atoms with Crippen LogP contribution in [-0.4, -0.2) is 28.4 Å². The van der Waals surface area contributed by atoms with Gasteiger partial charge in [-0.2, -0.15) is 5.26 Å². The molecule has 1 aliphatic rings. The number of hydrogen-bond donors (Lipinski definition) is 1. The van der Waals surface area contributed by atoms with Crippen LogP contribution < -0.4 is 0 Å². The summed E-state index contributed by atoms with van der Waals surface area (Å²) < 4.78 is 0. The average molecular weight is 334 g/mol. The molecule has 0 aromatic heterocycles. The van der Waals surface area contributed by atoms with Gasteiger partial charge in [-0.1, -0.05) is 42.5 Å². The first-order valence-corrected chi connectivity index (χ1v) is 8.16. The Morgan fingerprint density at radius 1 is 1.16 bits per heavy atom. The summed E-state index contributed by atoms with van der Waals surface area (Å²) in [6, 6.07) is 18.2. The predicted octanol–water partition coefficient (Wildman–Crippen LogP) is 2.78. The van der Waals surface area contributed by atoms with E-state index in [0.717, 1.165) is 11.1 Å². The molecule has 25 heavy (non-hydrogen) atoms. The monoisotopic (exact) mass is 334 g/mol. The van der Waals surface area contributed by atoms with Gasteiger partial charge < -0.3 is 10.0 Å². The number of rotatable bonds is 5. The van der Waals surface area contributed by atoms with E-state index in [1.165, 1.54) is 0 Å². The van der Waals surface area contributed by atoms with E-state index in [9.17, 15) is 14.7 Å². The maximum atomic E-state index is 12.4. The molecule has 0 bridgehead atoms. The van der Waals surface area contributed by atoms with Gasteiger partial charge in [0.2, 0.25) is 5.91 Å². The van der Waals surface area contributed by atoms with Gasteiger partial charge in [-0.05, 0) is 29.7 Å². The molecule has 1 heterocycles. The lowest BCUT2D eigenvalue weighted by Crippen LogP contribution is -2.32. The van der Waals surface area contributed by atoms with Gasteiger partial charge in [0.25, 0.3) is 0 Å². The summed E-state index contributed by atoms with van der Waals surface area (Å²) in [4.78, 5) is 25.7. The lowest BCUT2D eigenvalue weighted by Gasteiger charge is -2.27. The van der Waals surface area contributed by atoms with Crippen molar-refractivity contribution in [2.45, 2.75) is 18.9 Å². The number of likely N-dealkylation sites (tertiary alicyclic amines) is 1. The van der Waals surface area contributed by atoms with E-state index >= 15 is 0 Å². The Morgan fingerprint density at radius 3 is 2.44 bits per heavy atom. The number of carbonyl (C=O) groups excluding carboxylic acids is 1. The molecular weight excluding hydrogens is 316 g/mol. The molecule has 1 N–H and O–H groups in total. The molecule has 2 aromatic carbocycles. The third kappa shape index (κ3) is 3.53. The lowest BCUT2D eigenvalue weighted by molar-refractivity contribution is -0.142. The third-order valence-corrected chi connectivity index (χ3v) is 4.61. The van der Waals surface area contributed by atoms with E-state index in [1.54, 1.807) is 29.2 Å². The number of benzene rings is 2. The Kier molecular flexibility index (Phi) is 4.80. The van der Waals surface area contributed by atoms with Gasteiger partial charge in [0.15, 0.2) is 0 Å². The molecule has 0 saturated carbocycles. The van der Waals surface area contributed by atoms with E-state index in [-0.39, 0.29) is 12.3 Å². The largest absolute Gasteiger partial charge is 0.481 e. The van der Waals surface area contributed by atoms with Crippen LogP contribution in [0.2, 0.25) is 0 Å². The molecular formula is C20H18N2O3. The highest BCUT2D eigenvalue weighted by molar-refractivity contribution is 5.87. The highest BCUT2D eigenvalue weighted by atomic mass is 16.4. The van der Waals surface area contributed by atoms with Gasteiger partial charge >= 0.3 is 5.97 Å². The fourth-order valence-electron chi connectivity index (χ4n) is 3.34. The first-order chi connectivity index (χ1) is 12.1. The van der Waals surface area contributed by atoms with Crippen molar-refractivity contribution in [3.05, 3.63) is 71.3 Å². The number of nitrogens with zero attached hydrogens (tertiary/aromatic N) is 2. The van der Waals surface area contributed by atoms with E-state index < -0.39 is 17.9 Å². The molecule has 5 heteroatoms. The molecule has 1 saturated heterocycles. The zero-order valence-corrected chi connectivity index (χ0v) is 13.6. The van der Waals surface area contributed by atoms with E-state index in [0.29, 0.717) is 18.5 Å². The molecule has 0 radical (unpaired) electrons. The highest BCUT2D eigenvalue weighted by Crippen LogP contribution is 2.38. The van der Waals surface area contributed by atoms with Crippen molar-refractivity contribution in [3.63, 3.8) is 0 Å². The van der Waals surface area contributed by atoms with Gasteiger partial charge in [0, 0.05) is 13.0 Å². The quantitative estimate of drug-likeness (QED) is 0.911. The average Bonchev–Trinajstić information content (AvgIpc) is 2.97. The Bertz CT molecular complexity index is 809. The summed E-state index contributed by atoms with van der Waals surface area (Å²) >= 11 is 0. The Balaban J connectivity index is 1.86. The van der Waals surface area contributed by atoms with Crippen molar-refractivity contribution in [2.24, 2.45) is 5.92 Å². The van der Waals surface area contributed by atoms with Crippen molar-refractivity contribution in [3.8, 4) is 6.07 Å². The molecule has 1 amide bonds. The number of carboxylic acid groups (broad SMARTS) is 1. The van der Waals surface area contributed by atoms with E-state index in [4.69, 9.17) is 5.26 Å². The predicted molar refractivity (Wildman–Crippen MR) is 91.5 cm³/mol. The van der Waals surface area contributed by atoms with Crippen molar-refractivity contribution in [2.75, 3.05) is 6.54 Å². The van der Waals surface area contributed by atoms with E-state index in [1.807, 2.05) is 36.4 Å². The summed E-state index contributed by atoms with van der Waals surface area (Å²) in [5, 5.41) is 18.5. The molecule has 1 fully saturated rings. The topological polar surface area (TPSA) is 81.4 Å². The molecule has 126 valence electrons. The van der Waals surface area contributed by atoms with Gasteiger partial charge in [-0.25, -0.2) is 0 Å². The minimum Gasteiger partial charge on any atom is -0.481 e. The second-order valence-corrected chi connectivity index (χ2v) is 6.15. The second kappa shape index (κ2) is 7.18. The Morgan fingerprint density at radius 2 is 1.84 bits per heavy atom. The number of amides is 1. The van der Waals surface area contributed by atoms with Gasteiger partial charge in [-0.15, -0.1) is 0 Å². The lowest BCUT2D eigenvalue weighted by atomic mass is 9.93. The normalized spacial score (nSPS) is 19.6. The zero-order chi connectivity index (χ0) is 17.8. The highest BCUT2D eigenvalue weighted by Gasteiger charge is 2.44. The smallest absolute Gasteiger partial charge is 0.309 e. The number of carboxylic acids is 1. The fourth-order valence-corrected chi connectivity index (χ4v) is 3.34. The molecule has 0 spiro atoms. The van der Waals surface area contributed by atoms with Crippen molar-refractivity contribution in [1.29, 1.82) is 5.26 Å². The molecule has 2 aromatic rings. The van der Waals surface area contributed by atoms with Crippen LogP contribution in [0.5, 0.6) is 0 Å². The van der Waals surface area contributed by atoms with Crippen LogP contribution >= 0.6 is 0 Å². The molecule has 0 unspecified atom stereocenters. The van der Waals surface area contributed by atoms with Gasteiger partial charge in [-0.3, -0.25) is 9.59 Å². The van der Waals surface area contributed by atoms with E-state index in [2.05, 4.69) is 0 Å². The van der Waals surface area contributed by atoms with Crippen LogP contribution in [0.25, 0.3) is 0 Å². The second-order valence-electron chi connectivity index (χ2n) is 6.15. The van der Waals surface area contributed by atoms with Crippen molar-refractivity contribution >= 4 is 11.9 Å². The van der Waals surface area contributed by atoms with Crippen LogP contribution in [0, 0.1) is 17.2 Å². The Labute approximate surface area is 146 Å². The summed E-state index contributed by atoms with van der Waals surface area (Å²) in [5.41, 5.74) is 2.37. The summed E-state index contributed by atoms with van der Waals surface area (Å²) in [7, 11) is 0. The summed E-state index contributed by atoms with van der Waals surface area (Å²) in [6.45, 7) is 0.470.